The van der Waals surface area contributed by atoms with E-state index in [0.29, 0.717) is 33.9 Å². The van der Waals surface area contributed by atoms with E-state index in [9.17, 15) is 4.79 Å². The summed E-state index contributed by atoms with van der Waals surface area (Å²) in [6, 6.07) is 5.42. The molecule has 11 nitrogen and oxygen atoms in total. The molecule has 32 heavy (non-hydrogen) atoms. The number of aromatic nitrogens is 5. The summed E-state index contributed by atoms with van der Waals surface area (Å²) in [7, 11) is 0. The van der Waals surface area contributed by atoms with Crippen molar-refractivity contribution in [3.05, 3.63) is 45.2 Å². The Kier molecular flexibility index (Phi) is 6.68. The first-order chi connectivity index (χ1) is 15.5. The molecule has 1 fully saturated rings. The lowest BCUT2D eigenvalue weighted by atomic mass is 10.0. The summed E-state index contributed by atoms with van der Waals surface area (Å²) in [4.78, 5) is 15.2. The molecular weight excluding hydrogens is 457 g/mol. The van der Waals surface area contributed by atoms with E-state index in [1.165, 1.54) is 17.3 Å². The molecule has 1 amide bonds. The van der Waals surface area contributed by atoms with Crippen LogP contribution < -0.4 is 11.2 Å². The lowest BCUT2D eigenvalue weighted by molar-refractivity contribution is 0.0945. The molecule has 3 heterocycles. The first-order valence-corrected chi connectivity index (χ1v) is 10.8. The quantitative estimate of drug-likeness (QED) is 0.407. The summed E-state index contributed by atoms with van der Waals surface area (Å²) in [5.74, 6) is -0.339. The van der Waals surface area contributed by atoms with Crippen molar-refractivity contribution in [2.75, 3.05) is 12.3 Å². The number of nitrogen functional groups attached to an aromatic ring is 1. The van der Waals surface area contributed by atoms with Gasteiger partial charge in [-0.05, 0) is 48.8 Å². The number of nitrogens with zero attached hydrogens (tertiary/aromatic N) is 7. The van der Waals surface area contributed by atoms with Gasteiger partial charge in [0.05, 0.1) is 22.0 Å². The van der Waals surface area contributed by atoms with Gasteiger partial charge in [-0.25, -0.2) is 10.1 Å². The highest BCUT2D eigenvalue weighted by atomic mass is 35.5. The fourth-order valence-electron chi connectivity index (χ4n) is 3.56. The summed E-state index contributed by atoms with van der Waals surface area (Å²) in [5, 5.41) is 20.3. The van der Waals surface area contributed by atoms with Crippen molar-refractivity contribution < 1.29 is 9.42 Å². The van der Waals surface area contributed by atoms with Crippen LogP contribution in [-0.4, -0.2) is 54.9 Å². The Bertz CT molecular complexity index is 1120. The Hall–Kier alpha value is -3.02. The fourth-order valence-corrected chi connectivity index (χ4v) is 4.05. The Morgan fingerprint density at radius 2 is 2.12 bits per heavy atom. The molecule has 0 spiro atoms. The number of nitrogens with one attached hydrogen (secondary N) is 1. The highest BCUT2D eigenvalue weighted by Crippen LogP contribution is 2.24. The molecule has 4 rings (SSSR count). The summed E-state index contributed by atoms with van der Waals surface area (Å²) < 4.78 is 6.07. The number of benzene rings is 1. The number of halogens is 2. The van der Waals surface area contributed by atoms with E-state index in [2.05, 4.69) is 43.0 Å². The average molecular weight is 478 g/mol. The van der Waals surface area contributed by atoms with Crippen LogP contribution in [0.1, 0.15) is 47.9 Å². The van der Waals surface area contributed by atoms with Crippen molar-refractivity contribution in [3.63, 3.8) is 0 Å². The molecule has 0 unspecified atom stereocenters. The molecule has 0 saturated carbocycles. The van der Waals surface area contributed by atoms with Crippen molar-refractivity contribution in [2.24, 2.45) is 5.10 Å². The number of carbonyl (C=O) groups excluding carboxylic acids is 1. The number of hydrogen-bond acceptors (Lipinski definition) is 9. The first kappa shape index (κ1) is 22.2. The number of rotatable bonds is 6. The molecular formula is C19H21Cl2N9O2. The maximum absolute atomic E-state index is 12.9. The molecule has 1 saturated heterocycles. The van der Waals surface area contributed by atoms with Crippen molar-refractivity contribution >= 4 is 41.1 Å². The third-order valence-corrected chi connectivity index (χ3v) is 5.99. The van der Waals surface area contributed by atoms with Crippen molar-refractivity contribution in [1.82, 2.24) is 35.6 Å². The van der Waals surface area contributed by atoms with Gasteiger partial charge in [0, 0.05) is 18.2 Å². The summed E-state index contributed by atoms with van der Waals surface area (Å²) >= 11 is 12.3. The molecule has 2 aromatic heterocycles. The normalized spacial score (nSPS) is 17.2. The van der Waals surface area contributed by atoms with E-state index in [0.717, 1.165) is 19.4 Å². The monoisotopic (exact) mass is 477 g/mol. The standard InChI is InChI=1S/C19H21Cl2N9O2/c1-11-5-2-3-8-29(11)10-15-16(24-28-30(15)18-17(22)26-32-27-18)19(31)25-23-9-12-13(20)6-4-7-14(12)21/h4,6-7,9,11H,2-3,5,8,10H2,1H3,(H2,22,26)(H,25,31)/b23-9+/t11-/m1/s1. The van der Waals surface area contributed by atoms with Crippen molar-refractivity contribution in [2.45, 2.75) is 38.8 Å². The van der Waals surface area contributed by atoms with Gasteiger partial charge in [-0.2, -0.15) is 9.78 Å². The van der Waals surface area contributed by atoms with Gasteiger partial charge >= 0.3 is 0 Å². The van der Waals surface area contributed by atoms with Gasteiger partial charge in [-0.3, -0.25) is 9.69 Å². The summed E-state index contributed by atoms with van der Waals surface area (Å²) in [6.07, 6.45) is 4.69. The number of anilines is 1. The van der Waals surface area contributed by atoms with Gasteiger partial charge in [0.1, 0.15) is 0 Å². The van der Waals surface area contributed by atoms with Crippen LogP contribution in [0.3, 0.4) is 0 Å². The molecule has 1 aliphatic rings. The second kappa shape index (κ2) is 9.63. The van der Waals surface area contributed by atoms with Crippen LogP contribution in [0.5, 0.6) is 0 Å². The van der Waals surface area contributed by atoms with Crippen LogP contribution in [0.4, 0.5) is 5.82 Å². The number of amides is 1. The highest BCUT2D eigenvalue weighted by Gasteiger charge is 2.28. The van der Waals surface area contributed by atoms with Gasteiger partial charge < -0.3 is 5.73 Å². The highest BCUT2D eigenvalue weighted by molar-refractivity contribution is 6.38. The molecule has 1 aliphatic heterocycles. The van der Waals surface area contributed by atoms with E-state index in [1.54, 1.807) is 18.2 Å². The number of carbonyl (C=O) groups is 1. The van der Waals surface area contributed by atoms with Gasteiger partial charge in [-0.1, -0.05) is 40.9 Å². The Balaban J connectivity index is 1.61. The molecule has 3 aromatic rings. The maximum Gasteiger partial charge on any atom is 0.293 e. The predicted octanol–water partition coefficient (Wildman–Crippen LogP) is 2.68. The lowest BCUT2D eigenvalue weighted by Gasteiger charge is -2.33. The maximum atomic E-state index is 12.9. The zero-order chi connectivity index (χ0) is 22.7. The minimum absolute atomic E-state index is 0.0428. The van der Waals surface area contributed by atoms with Gasteiger partial charge in [0.15, 0.2) is 5.69 Å². The van der Waals surface area contributed by atoms with Crippen LogP contribution in [0.15, 0.2) is 27.9 Å². The Morgan fingerprint density at radius 3 is 2.81 bits per heavy atom. The lowest BCUT2D eigenvalue weighted by Crippen LogP contribution is -2.38. The largest absolute Gasteiger partial charge is 0.378 e. The van der Waals surface area contributed by atoms with Crippen LogP contribution in [0, 0.1) is 0 Å². The van der Waals surface area contributed by atoms with Crippen LogP contribution in [0.2, 0.25) is 10.0 Å². The Morgan fingerprint density at radius 1 is 1.34 bits per heavy atom. The van der Waals surface area contributed by atoms with Gasteiger partial charge in [-0.15, -0.1) is 5.10 Å². The Labute approximate surface area is 193 Å². The van der Waals surface area contributed by atoms with E-state index >= 15 is 0 Å². The minimum Gasteiger partial charge on any atom is -0.378 e. The summed E-state index contributed by atoms with van der Waals surface area (Å²) in [6.45, 7) is 3.46. The molecule has 168 valence electrons. The van der Waals surface area contributed by atoms with E-state index in [-0.39, 0.29) is 17.3 Å². The molecule has 0 bridgehead atoms. The molecule has 1 aromatic carbocycles. The molecule has 0 radical (unpaired) electrons. The molecule has 1 atom stereocenters. The topological polar surface area (TPSA) is 140 Å². The van der Waals surface area contributed by atoms with E-state index in [1.807, 2.05) is 0 Å². The molecule has 13 heteroatoms. The van der Waals surface area contributed by atoms with Crippen molar-refractivity contribution in [3.8, 4) is 5.82 Å². The molecule has 0 aliphatic carbocycles. The van der Waals surface area contributed by atoms with Gasteiger partial charge in [0.25, 0.3) is 5.91 Å². The number of likely N-dealkylation sites (tertiary alicyclic amines) is 1. The SMILES string of the molecule is C[C@@H]1CCCCN1Cc1c(C(=O)N/N=C/c2c(Cl)cccc2Cl)nnn1-c1nonc1N. The number of hydrogen-bond donors (Lipinski definition) is 2. The van der Waals surface area contributed by atoms with Gasteiger partial charge in [0.2, 0.25) is 11.6 Å². The number of nitrogens with two attached hydrogens (primary N) is 1. The van der Waals surface area contributed by atoms with Crippen LogP contribution >= 0.6 is 23.2 Å². The van der Waals surface area contributed by atoms with Crippen molar-refractivity contribution in [1.29, 1.82) is 0 Å². The second-order valence-electron chi connectivity index (χ2n) is 7.42. The third-order valence-electron chi connectivity index (χ3n) is 5.33. The average Bonchev–Trinajstić information content (AvgIpc) is 3.37. The second-order valence-corrected chi connectivity index (χ2v) is 8.23. The predicted molar refractivity (Wildman–Crippen MR) is 119 cm³/mol. The number of hydrazone groups is 1. The van der Waals surface area contributed by atoms with Crippen LogP contribution in [-0.2, 0) is 6.54 Å². The smallest absolute Gasteiger partial charge is 0.293 e. The van der Waals surface area contributed by atoms with Crippen LogP contribution in [0.25, 0.3) is 5.82 Å². The fraction of sp³-hybridized carbons (Fsp3) is 0.368. The summed E-state index contributed by atoms with van der Waals surface area (Å²) in [5.41, 5.74) is 9.38. The minimum atomic E-state index is -0.551. The zero-order valence-corrected chi connectivity index (χ0v) is 18.7. The zero-order valence-electron chi connectivity index (χ0n) is 17.2. The van der Waals surface area contributed by atoms with E-state index in [4.69, 9.17) is 33.6 Å². The number of piperidine rings is 1. The first-order valence-electron chi connectivity index (χ1n) is 10.00. The van der Waals surface area contributed by atoms with E-state index < -0.39 is 5.91 Å². The molecule has 3 N–H and O–H groups in total. The third kappa shape index (κ3) is 4.59.